The maximum Gasteiger partial charge on any atom is 0.268 e. The van der Waals surface area contributed by atoms with E-state index < -0.39 is 15.8 Å². The molecule has 0 atom stereocenters. The molecule has 2 heterocycles. The highest BCUT2D eigenvalue weighted by Crippen LogP contribution is 2.36. The third kappa shape index (κ3) is 2.82. The summed E-state index contributed by atoms with van der Waals surface area (Å²) >= 11 is 0. The van der Waals surface area contributed by atoms with Crippen molar-refractivity contribution in [3.8, 4) is 11.1 Å². The molecule has 1 amide bonds. The molecule has 0 spiro atoms. The van der Waals surface area contributed by atoms with Crippen molar-refractivity contribution in [2.75, 3.05) is 5.32 Å². The molecule has 7 heteroatoms. The smallest absolute Gasteiger partial charge is 0.268 e. The minimum Gasteiger partial charge on any atom is -0.326 e. The van der Waals surface area contributed by atoms with Crippen LogP contribution in [0.2, 0.25) is 0 Å². The average molecular weight is 406 g/mol. The largest absolute Gasteiger partial charge is 0.326 e. The summed E-state index contributed by atoms with van der Waals surface area (Å²) in [5.41, 5.74) is 3.24. The van der Waals surface area contributed by atoms with E-state index >= 15 is 0 Å². The molecule has 3 aromatic carbocycles. The van der Waals surface area contributed by atoms with Crippen LogP contribution in [-0.2, 0) is 21.2 Å². The minimum absolute atomic E-state index is 0.0756. The van der Waals surface area contributed by atoms with E-state index in [1.165, 1.54) is 30.5 Å². The molecular formula is C22H15FN2O3S. The number of anilines is 1. The number of benzene rings is 3. The van der Waals surface area contributed by atoms with Gasteiger partial charge in [0.2, 0.25) is 5.91 Å². The number of aromatic nitrogens is 1. The zero-order valence-electron chi connectivity index (χ0n) is 15.1. The van der Waals surface area contributed by atoms with Crippen molar-refractivity contribution in [1.82, 2.24) is 3.97 Å². The fourth-order valence-corrected chi connectivity index (χ4v) is 5.07. The third-order valence-electron chi connectivity index (χ3n) is 5.08. The maximum absolute atomic E-state index is 14.0. The SMILES string of the molecule is O=C1Cc2ccc(-c3cn(S(=O)(=O)c4ccccc4)c4cc(F)ccc34)cc2N1. The standard InChI is InChI=1S/C22H15FN2O3S/c23-16-8-9-18-19(14-6-7-15-11-22(26)24-20(15)10-14)13-25(21(18)12-16)29(27,28)17-4-2-1-3-5-17/h1-10,12-13H,11H2,(H,24,26). The lowest BCUT2D eigenvalue weighted by molar-refractivity contribution is -0.115. The molecule has 0 unspecified atom stereocenters. The van der Waals surface area contributed by atoms with Crippen LogP contribution in [0.1, 0.15) is 5.56 Å². The fraction of sp³-hybridized carbons (Fsp3) is 0.0455. The van der Waals surface area contributed by atoms with Crippen molar-refractivity contribution in [2.24, 2.45) is 0 Å². The predicted molar refractivity (Wildman–Crippen MR) is 109 cm³/mol. The van der Waals surface area contributed by atoms with Gasteiger partial charge in [-0.05, 0) is 47.5 Å². The van der Waals surface area contributed by atoms with E-state index in [2.05, 4.69) is 5.32 Å². The van der Waals surface area contributed by atoms with E-state index in [0.717, 1.165) is 15.1 Å². The van der Waals surface area contributed by atoms with E-state index in [9.17, 15) is 17.6 Å². The lowest BCUT2D eigenvalue weighted by Gasteiger charge is -2.07. The molecule has 0 fully saturated rings. The van der Waals surface area contributed by atoms with Crippen LogP contribution in [0, 0.1) is 5.82 Å². The Kier molecular flexibility index (Phi) is 3.82. The first-order valence-electron chi connectivity index (χ1n) is 8.98. The summed E-state index contributed by atoms with van der Waals surface area (Å²) < 4.78 is 41.5. The fourth-order valence-electron chi connectivity index (χ4n) is 3.69. The van der Waals surface area contributed by atoms with Crippen LogP contribution >= 0.6 is 0 Å². The molecule has 29 heavy (non-hydrogen) atoms. The van der Waals surface area contributed by atoms with Gasteiger partial charge in [-0.2, -0.15) is 0 Å². The molecule has 5 rings (SSSR count). The zero-order chi connectivity index (χ0) is 20.2. The van der Waals surface area contributed by atoms with Gasteiger partial charge in [0.1, 0.15) is 5.82 Å². The predicted octanol–water partition coefficient (Wildman–Crippen LogP) is 4.18. The maximum atomic E-state index is 14.0. The Labute approximate surface area is 166 Å². The summed E-state index contributed by atoms with van der Waals surface area (Å²) in [4.78, 5) is 11.8. The molecule has 1 aliphatic rings. The summed E-state index contributed by atoms with van der Waals surface area (Å²) in [5.74, 6) is -0.596. The number of hydrogen-bond donors (Lipinski definition) is 1. The van der Waals surface area contributed by atoms with Crippen LogP contribution in [-0.4, -0.2) is 18.3 Å². The molecule has 144 valence electrons. The van der Waals surface area contributed by atoms with Crippen LogP contribution < -0.4 is 5.32 Å². The Morgan fingerprint density at radius 2 is 1.76 bits per heavy atom. The average Bonchev–Trinajstić information content (AvgIpc) is 3.27. The second-order valence-corrected chi connectivity index (χ2v) is 8.73. The first-order chi connectivity index (χ1) is 13.9. The number of nitrogens with zero attached hydrogens (tertiary/aromatic N) is 1. The topological polar surface area (TPSA) is 68.2 Å². The van der Waals surface area contributed by atoms with Gasteiger partial charge in [0, 0.05) is 22.8 Å². The van der Waals surface area contributed by atoms with Crippen LogP contribution in [0.25, 0.3) is 22.0 Å². The van der Waals surface area contributed by atoms with Crippen molar-refractivity contribution in [2.45, 2.75) is 11.3 Å². The van der Waals surface area contributed by atoms with Crippen molar-refractivity contribution < 1.29 is 17.6 Å². The second-order valence-electron chi connectivity index (χ2n) is 6.92. The van der Waals surface area contributed by atoms with E-state index in [1.807, 2.05) is 18.2 Å². The summed E-state index contributed by atoms with van der Waals surface area (Å²) in [5, 5.41) is 3.41. The van der Waals surface area contributed by atoms with Crippen molar-refractivity contribution in [3.05, 3.63) is 84.3 Å². The van der Waals surface area contributed by atoms with Gasteiger partial charge >= 0.3 is 0 Å². The number of amides is 1. The van der Waals surface area contributed by atoms with Gasteiger partial charge in [-0.1, -0.05) is 30.3 Å². The number of halogens is 1. The number of nitrogens with one attached hydrogen (secondary N) is 1. The van der Waals surface area contributed by atoms with Crippen molar-refractivity contribution in [3.63, 3.8) is 0 Å². The molecule has 4 aromatic rings. The Bertz CT molecular complexity index is 1390. The van der Waals surface area contributed by atoms with Crippen LogP contribution in [0.5, 0.6) is 0 Å². The number of hydrogen-bond acceptors (Lipinski definition) is 3. The molecule has 0 aliphatic carbocycles. The van der Waals surface area contributed by atoms with Gasteiger partial charge in [-0.25, -0.2) is 16.8 Å². The normalized spacial score (nSPS) is 13.5. The van der Waals surface area contributed by atoms with E-state index in [1.54, 1.807) is 24.3 Å². The van der Waals surface area contributed by atoms with Crippen molar-refractivity contribution >= 4 is 32.5 Å². The van der Waals surface area contributed by atoms with E-state index in [0.29, 0.717) is 23.1 Å². The minimum atomic E-state index is -3.91. The highest BCUT2D eigenvalue weighted by atomic mass is 32.2. The lowest BCUT2D eigenvalue weighted by atomic mass is 10.0. The summed E-state index contributed by atoms with van der Waals surface area (Å²) in [6.45, 7) is 0. The van der Waals surface area contributed by atoms with Gasteiger partial charge in [-0.15, -0.1) is 0 Å². The molecule has 1 aliphatic heterocycles. The van der Waals surface area contributed by atoms with Gasteiger partial charge < -0.3 is 5.32 Å². The Morgan fingerprint density at radius 3 is 2.55 bits per heavy atom. The van der Waals surface area contributed by atoms with E-state index in [-0.39, 0.29) is 16.3 Å². The highest BCUT2D eigenvalue weighted by Gasteiger charge is 2.23. The molecule has 1 N–H and O–H groups in total. The van der Waals surface area contributed by atoms with Crippen molar-refractivity contribution in [1.29, 1.82) is 0 Å². The van der Waals surface area contributed by atoms with Gasteiger partial charge in [0.25, 0.3) is 10.0 Å². The Balaban J connectivity index is 1.75. The quantitative estimate of drug-likeness (QED) is 0.555. The first kappa shape index (κ1) is 17.6. The molecule has 5 nitrogen and oxygen atoms in total. The number of carbonyl (C=O) groups is 1. The van der Waals surface area contributed by atoms with Crippen LogP contribution in [0.4, 0.5) is 10.1 Å². The molecule has 0 saturated carbocycles. The van der Waals surface area contributed by atoms with Gasteiger partial charge in [0.15, 0.2) is 0 Å². The first-order valence-corrected chi connectivity index (χ1v) is 10.4. The summed E-state index contributed by atoms with van der Waals surface area (Å²) in [6, 6.07) is 17.6. The Hall–Kier alpha value is -3.45. The highest BCUT2D eigenvalue weighted by molar-refractivity contribution is 7.90. The van der Waals surface area contributed by atoms with Gasteiger partial charge in [-0.3, -0.25) is 4.79 Å². The molecule has 1 aromatic heterocycles. The molecule has 0 radical (unpaired) electrons. The molecule has 0 bridgehead atoms. The zero-order valence-corrected chi connectivity index (χ0v) is 15.9. The van der Waals surface area contributed by atoms with Gasteiger partial charge in [0.05, 0.1) is 16.8 Å². The van der Waals surface area contributed by atoms with E-state index in [4.69, 9.17) is 0 Å². The monoisotopic (exact) mass is 406 g/mol. The Morgan fingerprint density at radius 1 is 0.966 bits per heavy atom. The third-order valence-corrected chi connectivity index (χ3v) is 6.77. The van der Waals surface area contributed by atoms with Crippen LogP contribution in [0.15, 0.2) is 77.8 Å². The number of rotatable bonds is 3. The van der Waals surface area contributed by atoms with Crippen LogP contribution in [0.3, 0.4) is 0 Å². The summed E-state index contributed by atoms with van der Waals surface area (Å²) in [7, 11) is -3.91. The summed E-state index contributed by atoms with van der Waals surface area (Å²) in [6.07, 6.45) is 1.83. The molecular weight excluding hydrogens is 391 g/mol. The molecule has 0 saturated heterocycles. The number of carbonyl (C=O) groups excluding carboxylic acids is 1. The lowest BCUT2D eigenvalue weighted by Crippen LogP contribution is -2.11. The second kappa shape index (κ2) is 6.28. The number of fused-ring (bicyclic) bond motifs is 2.